The van der Waals surface area contributed by atoms with E-state index in [0.717, 1.165) is 19.0 Å². The number of carbonyl (C=O) groups is 1. The molecule has 2 aliphatic heterocycles. The van der Waals surface area contributed by atoms with E-state index < -0.39 is 16.6 Å². The number of carbonyl (C=O) groups excluding carboxylic acids is 1. The van der Waals surface area contributed by atoms with Gasteiger partial charge in [0.25, 0.3) is 0 Å². The first-order chi connectivity index (χ1) is 8.65. The highest BCUT2D eigenvalue weighted by Crippen LogP contribution is 2.39. The fraction of sp³-hybridized carbons (Fsp3) is 0.538. The minimum absolute atomic E-state index is 0.0244. The Labute approximate surface area is 107 Å². The lowest BCUT2D eigenvalue weighted by molar-refractivity contribution is 0.0901. The van der Waals surface area contributed by atoms with Crippen molar-refractivity contribution in [3.8, 4) is 0 Å². The van der Waals surface area contributed by atoms with Crippen LogP contribution < -0.4 is 0 Å². The molecule has 2 unspecified atom stereocenters. The highest BCUT2D eigenvalue weighted by Gasteiger charge is 2.43. The Hall–Kier alpha value is -1.10. The largest absolute Gasteiger partial charge is 0.292 e. The predicted molar refractivity (Wildman–Crippen MR) is 66.2 cm³/mol. The zero-order valence-corrected chi connectivity index (χ0v) is 10.7. The quantitative estimate of drug-likeness (QED) is 0.771. The van der Waals surface area contributed by atoms with Gasteiger partial charge in [0.1, 0.15) is 11.5 Å². The zero-order chi connectivity index (χ0) is 12.7. The van der Waals surface area contributed by atoms with E-state index in [1.165, 1.54) is 12.1 Å². The molecule has 0 radical (unpaired) electrons. The highest BCUT2D eigenvalue weighted by atomic mass is 32.2. The van der Waals surface area contributed by atoms with Gasteiger partial charge in [-0.2, -0.15) is 0 Å². The molecule has 0 aliphatic carbocycles. The van der Waals surface area contributed by atoms with Crippen LogP contribution in [0, 0.1) is 11.7 Å². The molecule has 18 heavy (non-hydrogen) atoms. The smallest absolute Gasteiger partial charge is 0.184 e. The number of ketones is 1. The molecule has 2 atom stereocenters. The Kier molecular flexibility index (Phi) is 3.01. The molecule has 5 heteroatoms. The van der Waals surface area contributed by atoms with Gasteiger partial charge in [-0.1, -0.05) is 0 Å². The summed E-state index contributed by atoms with van der Waals surface area (Å²) in [6.45, 7) is 0. The van der Waals surface area contributed by atoms with Crippen LogP contribution in [-0.2, 0) is 10.8 Å². The van der Waals surface area contributed by atoms with Crippen molar-refractivity contribution in [2.24, 2.45) is 5.92 Å². The van der Waals surface area contributed by atoms with Crippen LogP contribution in [0.1, 0.15) is 36.2 Å². The Morgan fingerprint density at radius 2 is 1.94 bits per heavy atom. The van der Waals surface area contributed by atoms with E-state index in [4.69, 9.17) is 0 Å². The molecule has 2 fully saturated rings. The van der Waals surface area contributed by atoms with Crippen molar-refractivity contribution in [3.63, 3.8) is 0 Å². The second-order valence-electron chi connectivity index (χ2n) is 5.04. The van der Waals surface area contributed by atoms with Gasteiger partial charge >= 0.3 is 0 Å². The number of fused-ring (bicyclic) bond motifs is 2. The number of Topliss-reactive ketones (excluding diaryl/α,β-unsaturated/α-hetero) is 1. The average molecular weight is 267 g/mol. The lowest BCUT2D eigenvalue weighted by atomic mass is 9.92. The van der Waals surface area contributed by atoms with Crippen LogP contribution in [0.3, 0.4) is 0 Å². The Morgan fingerprint density at radius 3 is 2.50 bits per heavy atom. The minimum Gasteiger partial charge on any atom is -0.292 e. The van der Waals surface area contributed by atoms with Gasteiger partial charge in [-0.25, -0.2) is 4.39 Å². The van der Waals surface area contributed by atoms with Crippen LogP contribution >= 0.6 is 0 Å². The number of nitrogens with zero attached hydrogens (tertiary/aromatic N) is 1. The number of aromatic nitrogens is 1. The molecule has 0 amide bonds. The van der Waals surface area contributed by atoms with E-state index in [9.17, 15) is 13.4 Å². The highest BCUT2D eigenvalue weighted by molar-refractivity contribution is 7.86. The fourth-order valence-corrected chi connectivity index (χ4v) is 5.10. The summed E-state index contributed by atoms with van der Waals surface area (Å²) in [5.74, 6) is -0.543. The molecule has 0 saturated carbocycles. The normalized spacial score (nSPS) is 34.5. The van der Waals surface area contributed by atoms with Crippen molar-refractivity contribution in [1.82, 2.24) is 4.98 Å². The van der Waals surface area contributed by atoms with Gasteiger partial charge in [0.05, 0.1) is 6.20 Å². The molecule has 3 rings (SSSR count). The van der Waals surface area contributed by atoms with Gasteiger partial charge < -0.3 is 0 Å². The first-order valence-corrected chi connectivity index (χ1v) is 7.48. The van der Waals surface area contributed by atoms with Crippen LogP contribution in [0.15, 0.2) is 18.3 Å². The van der Waals surface area contributed by atoms with E-state index in [2.05, 4.69) is 4.98 Å². The Balaban J connectivity index is 1.78. The molecular formula is C13H14FNO2S. The van der Waals surface area contributed by atoms with Crippen molar-refractivity contribution in [2.45, 2.75) is 36.2 Å². The molecule has 3 nitrogen and oxygen atoms in total. The van der Waals surface area contributed by atoms with Crippen molar-refractivity contribution in [2.75, 3.05) is 0 Å². The monoisotopic (exact) mass is 267 g/mol. The Morgan fingerprint density at radius 1 is 1.28 bits per heavy atom. The van der Waals surface area contributed by atoms with Gasteiger partial charge in [0.15, 0.2) is 5.78 Å². The third-order valence-electron chi connectivity index (χ3n) is 3.91. The maximum absolute atomic E-state index is 12.8. The molecule has 2 bridgehead atoms. The second kappa shape index (κ2) is 4.53. The SMILES string of the molecule is O=C(c1ccc(F)cn1)C1CC2CCC(C1)S2=O. The molecule has 96 valence electrons. The fourth-order valence-electron chi connectivity index (χ4n) is 2.98. The summed E-state index contributed by atoms with van der Waals surface area (Å²) < 4.78 is 24.6. The van der Waals surface area contributed by atoms with Crippen molar-refractivity contribution >= 4 is 16.6 Å². The number of hydrogen-bond acceptors (Lipinski definition) is 3. The van der Waals surface area contributed by atoms with Crippen LogP contribution in [0.5, 0.6) is 0 Å². The van der Waals surface area contributed by atoms with Crippen LogP contribution in [0.25, 0.3) is 0 Å². The number of hydrogen-bond donors (Lipinski definition) is 0. The van der Waals surface area contributed by atoms with Gasteiger partial charge in [-0.3, -0.25) is 14.0 Å². The summed E-state index contributed by atoms with van der Waals surface area (Å²) in [5.41, 5.74) is 0.327. The molecule has 0 N–H and O–H groups in total. The molecular weight excluding hydrogens is 253 g/mol. The summed E-state index contributed by atoms with van der Waals surface area (Å²) in [5, 5.41) is 0.358. The molecule has 2 saturated heterocycles. The molecule has 0 spiro atoms. The molecule has 1 aromatic heterocycles. The van der Waals surface area contributed by atoms with E-state index in [1.807, 2.05) is 0 Å². The van der Waals surface area contributed by atoms with Gasteiger partial charge in [-0.05, 0) is 37.8 Å². The summed E-state index contributed by atoms with van der Waals surface area (Å²) in [7, 11) is -0.749. The third-order valence-corrected chi connectivity index (χ3v) is 6.08. The molecule has 1 aromatic rings. The van der Waals surface area contributed by atoms with E-state index >= 15 is 0 Å². The summed E-state index contributed by atoms with van der Waals surface area (Å²) in [6.07, 6.45) is 4.40. The lowest BCUT2D eigenvalue weighted by Gasteiger charge is -2.25. The first-order valence-electron chi connectivity index (χ1n) is 6.20. The van der Waals surface area contributed by atoms with E-state index in [0.29, 0.717) is 18.5 Å². The van der Waals surface area contributed by atoms with Crippen LogP contribution in [0.4, 0.5) is 4.39 Å². The summed E-state index contributed by atoms with van der Waals surface area (Å²) >= 11 is 0. The van der Waals surface area contributed by atoms with Crippen molar-refractivity contribution < 1.29 is 13.4 Å². The predicted octanol–water partition coefficient (Wildman–Crippen LogP) is 2.09. The zero-order valence-electron chi connectivity index (χ0n) is 9.84. The summed E-state index contributed by atoms with van der Waals surface area (Å²) in [4.78, 5) is 16.1. The molecule has 0 aromatic carbocycles. The average Bonchev–Trinajstić information content (AvgIpc) is 2.62. The van der Waals surface area contributed by atoms with Crippen LogP contribution in [0.2, 0.25) is 0 Å². The van der Waals surface area contributed by atoms with Gasteiger partial charge in [-0.15, -0.1) is 0 Å². The van der Waals surface area contributed by atoms with Crippen molar-refractivity contribution in [3.05, 3.63) is 29.8 Å². The van der Waals surface area contributed by atoms with Crippen molar-refractivity contribution in [1.29, 1.82) is 0 Å². The first kappa shape index (κ1) is 12.0. The third kappa shape index (κ3) is 2.00. The minimum atomic E-state index is -0.749. The topological polar surface area (TPSA) is 47.0 Å². The Bertz CT molecular complexity index is 486. The van der Waals surface area contributed by atoms with Gasteiger partial charge in [0.2, 0.25) is 0 Å². The second-order valence-corrected chi connectivity index (χ2v) is 7.03. The lowest BCUT2D eigenvalue weighted by Crippen LogP contribution is -2.32. The number of rotatable bonds is 2. The van der Waals surface area contributed by atoms with Crippen LogP contribution in [-0.4, -0.2) is 25.5 Å². The van der Waals surface area contributed by atoms with E-state index in [1.54, 1.807) is 0 Å². The standard InChI is InChI=1S/C13H14FNO2S/c14-9-1-4-12(15-7-9)13(16)8-5-10-2-3-11(6-8)18(10)17/h1,4,7-8,10-11H,2-3,5-6H2. The van der Waals surface area contributed by atoms with E-state index in [-0.39, 0.29) is 22.2 Å². The van der Waals surface area contributed by atoms with Gasteiger partial charge in [0, 0.05) is 27.2 Å². The maximum Gasteiger partial charge on any atom is 0.184 e. The maximum atomic E-state index is 12.8. The molecule has 3 heterocycles. The molecule has 2 aliphatic rings. The summed E-state index contributed by atoms with van der Waals surface area (Å²) in [6, 6.07) is 2.70. The number of halogens is 1. The number of pyridine rings is 1.